The van der Waals surface area contributed by atoms with Gasteiger partial charge in [-0.2, -0.15) is 0 Å². The second-order valence-electron chi connectivity index (χ2n) is 3.48. The van der Waals surface area contributed by atoms with Gasteiger partial charge in [0.25, 0.3) is 5.56 Å². The van der Waals surface area contributed by atoms with Crippen molar-refractivity contribution in [2.45, 2.75) is 13.0 Å². The van der Waals surface area contributed by atoms with Gasteiger partial charge in [0.05, 0.1) is 10.9 Å². The first kappa shape index (κ1) is 10.4. The molecule has 1 N–H and O–H groups in total. The van der Waals surface area contributed by atoms with Crippen LogP contribution in [0.4, 0.5) is 0 Å². The molecule has 2 aromatic heterocycles. The number of pyridine rings is 2. The van der Waals surface area contributed by atoms with Crippen molar-refractivity contribution in [3.05, 3.63) is 40.9 Å². The maximum atomic E-state index is 11.9. The predicted molar refractivity (Wildman–Crippen MR) is 58.3 cm³/mol. The SMILES string of the molecule is CC(C(=O)O)n1ccc2ncccc2c1=O. The van der Waals surface area contributed by atoms with Gasteiger partial charge < -0.3 is 9.67 Å². The first-order valence-electron chi connectivity index (χ1n) is 4.80. The van der Waals surface area contributed by atoms with E-state index in [2.05, 4.69) is 4.98 Å². The molecule has 5 heteroatoms. The van der Waals surface area contributed by atoms with Gasteiger partial charge in [-0.25, -0.2) is 4.79 Å². The summed E-state index contributed by atoms with van der Waals surface area (Å²) in [6.07, 6.45) is 3.04. The van der Waals surface area contributed by atoms with Gasteiger partial charge in [0.1, 0.15) is 6.04 Å². The van der Waals surface area contributed by atoms with Crippen LogP contribution in [0.1, 0.15) is 13.0 Å². The molecule has 0 saturated heterocycles. The Morgan fingerprint density at radius 3 is 2.94 bits per heavy atom. The van der Waals surface area contributed by atoms with Crippen molar-refractivity contribution in [2.24, 2.45) is 0 Å². The van der Waals surface area contributed by atoms with Crippen molar-refractivity contribution in [2.75, 3.05) is 0 Å². The Kier molecular flexibility index (Phi) is 2.44. The van der Waals surface area contributed by atoms with Crippen molar-refractivity contribution >= 4 is 16.9 Å². The highest BCUT2D eigenvalue weighted by molar-refractivity contribution is 5.78. The third-order valence-electron chi connectivity index (χ3n) is 2.47. The first-order chi connectivity index (χ1) is 7.61. The van der Waals surface area contributed by atoms with Crippen molar-refractivity contribution < 1.29 is 9.90 Å². The molecular formula is C11H10N2O3. The molecule has 0 amide bonds. The van der Waals surface area contributed by atoms with Gasteiger partial charge in [-0.3, -0.25) is 9.78 Å². The summed E-state index contributed by atoms with van der Waals surface area (Å²) in [5, 5.41) is 9.29. The molecule has 0 saturated carbocycles. The molecule has 1 atom stereocenters. The molecule has 5 nitrogen and oxygen atoms in total. The van der Waals surface area contributed by atoms with E-state index in [1.54, 1.807) is 24.4 Å². The average Bonchev–Trinajstić information content (AvgIpc) is 2.29. The highest BCUT2D eigenvalue weighted by Gasteiger charge is 2.15. The Hall–Kier alpha value is -2.17. The van der Waals surface area contributed by atoms with E-state index < -0.39 is 12.0 Å². The monoisotopic (exact) mass is 218 g/mol. The third-order valence-corrected chi connectivity index (χ3v) is 2.47. The Morgan fingerprint density at radius 1 is 1.50 bits per heavy atom. The van der Waals surface area contributed by atoms with E-state index in [0.717, 1.165) is 0 Å². The minimum Gasteiger partial charge on any atom is -0.480 e. The lowest BCUT2D eigenvalue weighted by Crippen LogP contribution is -2.27. The van der Waals surface area contributed by atoms with Gasteiger partial charge in [0, 0.05) is 12.4 Å². The number of aromatic nitrogens is 2. The Labute approximate surface area is 91.0 Å². The van der Waals surface area contributed by atoms with Crippen LogP contribution in [0.2, 0.25) is 0 Å². The van der Waals surface area contributed by atoms with Gasteiger partial charge in [-0.15, -0.1) is 0 Å². The van der Waals surface area contributed by atoms with E-state index in [0.29, 0.717) is 10.9 Å². The van der Waals surface area contributed by atoms with Crippen LogP contribution in [-0.2, 0) is 4.79 Å². The molecule has 0 spiro atoms. The van der Waals surface area contributed by atoms with Gasteiger partial charge in [-0.1, -0.05) is 0 Å². The van der Waals surface area contributed by atoms with Crippen LogP contribution >= 0.6 is 0 Å². The molecule has 0 aromatic carbocycles. The number of carboxylic acids is 1. The summed E-state index contributed by atoms with van der Waals surface area (Å²) < 4.78 is 1.19. The fourth-order valence-electron chi connectivity index (χ4n) is 1.51. The van der Waals surface area contributed by atoms with Crippen molar-refractivity contribution in [3.63, 3.8) is 0 Å². The summed E-state index contributed by atoms with van der Waals surface area (Å²) >= 11 is 0. The van der Waals surface area contributed by atoms with Crippen LogP contribution < -0.4 is 5.56 Å². The number of rotatable bonds is 2. The lowest BCUT2D eigenvalue weighted by molar-refractivity contribution is -0.140. The number of hydrogen-bond donors (Lipinski definition) is 1. The summed E-state index contributed by atoms with van der Waals surface area (Å²) in [4.78, 5) is 26.8. The Bertz CT molecular complexity index is 603. The van der Waals surface area contributed by atoms with Gasteiger partial charge in [0.2, 0.25) is 0 Å². The highest BCUT2D eigenvalue weighted by atomic mass is 16.4. The fraction of sp³-hybridized carbons (Fsp3) is 0.182. The zero-order valence-corrected chi connectivity index (χ0v) is 8.62. The van der Waals surface area contributed by atoms with Crippen molar-refractivity contribution in [1.82, 2.24) is 9.55 Å². The van der Waals surface area contributed by atoms with Crippen molar-refractivity contribution in [1.29, 1.82) is 0 Å². The molecule has 0 aliphatic carbocycles. The molecule has 82 valence electrons. The minimum absolute atomic E-state index is 0.333. The highest BCUT2D eigenvalue weighted by Crippen LogP contribution is 2.08. The van der Waals surface area contributed by atoms with Crippen LogP contribution in [0, 0.1) is 0 Å². The van der Waals surface area contributed by atoms with Gasteiger partial charge in [-0.05, 0) is 25.1 Å². The number of carbonyl (C=O) groups is 1. The zero-order valence-electron chi connectivity index (χ0n) is 8.62. The zero-order chi connectivity index (χ0) is 11.7. The summed E-state index contributed by atoms with van der Waals surface area (Å²) in [5.41, 5.74) is 0.238. The predicted octanol–water partition coefficient (Wildman–Crippen LogP) is 1.04. The van der Waals surface area contributed by atoms with E-state index in [9.17, 15) is 9.59 Å². The standard InChI is InChI=1S/C11H10N2O3/c1-7(11(15)16)13-6-4-9-8(10(13)14)3-2-5-12-9/h2-7H,1H3,(H,15,16). The second kappa shape index (κ2) is 3.77. The van der Waals surface area contributed by atoms with E-state index in [-0.39, 0.29) is 5.56 Å². The Morgan fingerprint density at radius 2 is 2.25 bits per heavy atom. The number of hydrogen-bond acceptors (Lipinski definition) is 3. The van der Waals surface area contributed by atoms with Gasteiger partial charge in [0.15, 0.2) is 0 Å². The molecule has 0 aliphatic rings. The average molecular weight is 218 g/mol. The van der Waals surface area contributed by atoms with Gasteiger partial charge >= 0.3 is 5.97 Å². The van der Waals surface area contributed by atoms with Crippen LogP contribution in [0.15, 0.2) is 35.4 Å². The quantitative estimate of drug-likeness (QED) is 0.817. The summed E-state index contributed by atoms with van der Waals surface area (Å²) in [6, 6.07) is 4.04. The van der Waals surface area contributed by atoms with Crippen LogP contribution in [0.3, 0.4) is 0 Å². The van der Waals surface area contributed by atoms with E-state index in [1.165, 1.54) is 17.7 Å². The molecule has 16 heavy (non-hydrogen) atoms. The molecule has 2 heterocycles. The normalized spacial score (nSPS) is 12.6. The minimum atomic E-state index is -1.04. The molecule has 0 bridgehead atoms. The number of fused-ring (bicyclic) bond motifs is 1. The second-order valence-corrected chi connectivity index (χ2v) is 3.48. The lowest BCUT2D eigenvalue weighted by atomic mass is 10.2. The Balaban J connectivity index is 2.70. The number of aliphatic carboxylic acids is 1. The van der Waals surface area contributed by atoms with Crippen LogP contribution in [-0.4, -0.2) is 20.6 Å². The first-order valence-corrected chi connectivity index (χ1v) is 4.80. The lowest BCUT2D eigenvalue weighted by Gasteiger charge is -2.10. The number of nitrogens with zero attached hydrogens (tertiary/aromatic N) is 2. The smallest absolute Gasteiger partial charge is 0.326 e. The molecule has 0 aliphatic heterocycles. The molecule has 2 aromatic rings. The van der Waals surface area contributed by atoms with E-state index >= 15 is 0 Å². The molecule has 0 fully saturated rings. The van der Waals surface area contributed by atoms with Crippen molar-refractivity contribution in [3.8, 4) is 0 Å². The largest absolute Gasteiger partial charge is 0.480 e. The topological polar surface area (TPSA) is 72.2 Å². The fourth-order valence-corrected chi connectivity index (χ4v) is 1.51. The maximum absolute atomic E-state index is 11.9. The summed E-state index contributed by atoms with van der Waals surface area (Å²) in [6.45, 7) is 1.46. The van der Waals surface area contributed by atoms with E-state index in [1.807, 2.05) is 0 Å². The molecular weight excluding hydrogens is 208 g/mol. The third kappa shape index (κ3) is 1.56. The van der Waals surface area contributed by atoms with E-state index in [4.69, 9.17) is 5.11 Å². The molecule has 2 rings (SSSR count). The van der Waals surface area contributed by atoms with Crippen LogP contribution in [0.5, 0.6) is 0 Å². The molecule has 0 radical (unpaired) electrons. The summed E-state index contributed by atoms with van der Waals surface area (Å²) in [7, 11) is 0. The molecule has 1 unspecified atom stereocenters. The maximum Gasteiger partial charge on any atom is 0.326 e. The van der Waals surface area contributed by atoms with Crippen LogP contribution in [0.25, 0.3) is 10.9 Å². The summed E-state index contributed by atoms with van der Waals surface area (Å²) in [5.74, 6) is -1.04. The number of carboxylic acid groups (broad SMARTS) is 1.